The van der Waals surface area contributed by atoms with Gasteiger partial charge in [-0.1, -0.05) is 11.6 Å². The first-order valence-electron chi connectivity index (χ1n) is 10.4. The second-order valence-corrected chi connectivity index (χ2v) is 8.25. The van der Waals surface area contributed by atoms with Gasteiger partial charge in [-0.25, -0.2) is 4.79 Å². The van der Waals surface area contributed by atoms with Crippen molar-refractivity contribution in [2.75, 3.05) is 13.2 Å². The Bertz CT molecular complexity index is 949. The molecule has 7 heteroatoms. The number of rotatable bonds is 5. The number of Topliss-reactive ketones (excluding diaryl/α,β-unsaturated/α-hetero) is 2. The average molecular weight is 430 g/mol. The fraction of sp³-hybridized carbons (Fsp3) is 0.435. The maximum atomic E-state index is 13.1. The second-order valence-electron chi connectivity index (χ2n) is 7.82. The van der Waals surface area contributed by atoms with Gasteiger partial charge in [0.1, 0.15) is 5.75 Å². The quantitative estimate of drug-likeness (QED) is 0.753. The van der Waals surface area contributed by atoms with Gasteiger partial charge in [-0.15, -0.1) is 0 Å². The molecule has 0 aromatic heterocycles. The number of halogens is 1. The number of ketones is 2. The number of hydrogen-bond acceptors (Lipinski definition) is 5. The Kier molecular flexibility index (Phi) is 5.69. The summed E-state index contributed by atoms with van der Waals surface area (Å²) in [6.45, 7) is 2.22. The van der Waals surface area contributed by atoms with Gasteiger partial charge in [0.05, 0.1) is 0 Å². The number of ether oxygens (including phenoxy) is 1. The number of aliphatic carboxylic acids is 1. The SMILES string of the molecule is CCN1C2=C(C(=O)CCC2)C(c2cc(Cl)ccc2OCC(=O)O)C2=C1CCCC2=O. The van der Waals surface area contributed by atoms with Crippen LogP contribution >= 0.6 is 11.6 Å². The van der Waals surface area contributed by atoms with Gasteiger partial charge in [-0.3, -0.25) is 9.59 Å². The summed E-state index contributed by atoms with van der Waals surface area (Å²) in [4.78, 5) is 39.5. The molecule has 0 fully saturated rings. The van der Waals surface area contributed by atoms with Crippen molar-refractivity contribution in [2.24, 2.45) is 0 Å². The smallest absolute Gasteiger partial charge is 0.341 e. The van der Waals surface area contributed by atoms with Crippen molar-refractivity contribution in [3.63, 3.8) is 0 Å². The van der Waals surface area contributed by atoms with Gasteiger partial charge in [0, 0.05) is 58.4 Å². The lowest BCUT2D eigenvalue weighted by molar-refractivity contribution is -0.139. The van der Waals surface area contributed by atoms with E-state index in [1.807, 2.05) is 6.92 Å². The lowest BCUT2D eigenvalue weighted by Gasteiger charge is -2.43. The van der Waals surface area contributed by atoms with Crippen molar-refractivity contribution in [3.8, 4) is 5.75 Å². The van der Waals surface area contributed by atoms with E-state index in [0.717, 1.165) is 37.1 Å². The maximum absolute atomic E-state index is 13.1. The van der Waals surface area contributed by atoms with Crippen LogP contribution < -0.4 is 4.74 Å². The van der Waals surface area contributed by atoms with Crippen molar-refractivity contribution >= 4 is 29.1 Å². The zero-order chi connectivity index (χ0) is 21.4. The van der Waals surface area contributed by atoms with Crippen LogP contribution in [-0.2, 0) is 14.4 Å². The lowest BCUT2D eigenvalue weighted by Crippen LogP contribution is -2.39. The van der Waals surface area contributed by atoms with Gasteiger partial charge in [0.15, 0.2) is 18.2 Å². The summed E-state index contributed by atoms with van der Waals surface area (Å²) in [5, 5.41) is 9.52. The molecule has 4 rings (SSSR count). The van der Waals surface area contributed by atoms with Crippen molar-refractivity contribution in [3.05, 3.63) is 51.3 Å². The van der Waals surface area contributed by atoms with E-state index in [9.17, 15) is 14.4 Å². The number of carbonyl (C=O) groups is 3. The predicted molar refractivity (Wildman–Crippen MR) is 111 cm³/mol. The third-order valence-corrected chi connectivity index (χ3v) is 6.27. The van der Waals surface area contributed by atoms with Crippen LogP contribution in [0, 0.1) is 0 Å². The summed E-state index contributed by atoms with van der Waals surface area (Å²) in [5.74, 6) is -1.25. The van der Waals surface area contributed by atoms with Crippen molar-refractivity contribution in [1.82, 2.24) is 4.90 Å². The number of benzene rings is 1. The van der Waals surface area contributed by atoms with Crippen LogP contribution in [0.3, 0.4) is 0 Å². The zero-order valence-corrected chi connectivity index (χ0v) is 17.6. The first-order valence-corrected chi connectivity index (χ1v) is 10.7. The summed E-state index contributed by atoms with van der Waals surface area (Å²) < 4.78 is 5.55. The largest absolute Gasteiger partial charge is 0.482 e. The monoisotopic (exact) mass is 429 g/mol. The van der Waals surface area contributed by atoms with Crippen LogP contribution in [0.4, 0.5) is 0 Å². The normalized spacial score (nSPS) is 19.7. The number of carboxylic acids is 1. The molecule has 3 aliphatic rings. The third kappa shape index (κ3) is 3.54. The molecule has 158 valence electrons. The highest BCUT2D eigenvalue weighted by atomic mass is 35.5. The van der Waals surface area contributed by atoms with E-state index in [2.05, 4.69) is 4.90 Å². The average Bonchev–Trinajstić information content (AvgIpc) is 2.71. The van der Waals surface area contributed by atoms with Crippen molar-refractivity contribution in [2.45, 2.75) is 51.4 Å². The first kappa shape index (κ1) is 20.7. The highest BCUT2D eigenvalue weighted by Crippen LogP contribution is 2.51. The molecule has 0 atom stereocenters. The molecular formula is C23H24ClNO5. The van der Waals surface area contributed by atoms with E-state index < -0.39 is 18.5 Å². The predicted octanol–water partition coefficient (Wildman–Crippen LogP) is 4.24. The molecule has 1 aliphatic heterocycles. The van der Waals surface area contributed by atoms with Gasteiger partial charge in [-0.2, -0.15) is 0 Å². The number of carboxylic acid groups (broad SMARTS) is 1. The molecule has 0 amide bonds. The summed E-state index contributed by atoms with van der Waals surface area (Å²) in [6, 6.07) is 4.94. The Balaban J connectivity index is 1.95. The standard InChI is InChI=1S/C23H24ClNO5/c1-2-25-15-5-3-7-17(26)22(15)21(23-16(25)6-4-8-18(23)27)14-11-13(24)9-10-19(14)30-12-20(28)29/h9-11,21H,2-8,12H2,1H3,(H,28,29). The van der Waals surface area contributed by atoms with Gasteiger partial charge in [0.25, 0.3) is 0 Å². The molecule has 6 nitrogen and oxygen atoms in total. The molecule has 1 aromatic rings. The highest BCUT2D eigenvalue weighted by Gasteiger charge is 2.43. The van der Waals surface area contributed by atoms with E-state index in [1.54, 1.807) is 18.2 Å². The fourth-order valence-electron chi connectivity index (χ4n) is 4.93. The zero-order valence-electron chi connectivity index (χ0n) is 16.9. The van der Waals surface area contributed by atoms with Crippen LogP contribution in [-0.4, -0.2) is 40.7 Å². The van der Waals surface area contributed by atoms with Crippen LogP contribution in [0.2, 0.25) is 5.02 Å². The van der Waals surface area contributed by atoms with Crippen molar-refractivity contribution in [1.29, 1.82) is 0 Å². The Hall–Kier alpha value is -2.60. The van der Waals surface area contributed by atoms with Crippen molar-refractivity contribution < 1.29 is 24.2 Å². The highest BCUT2D eigenvalue weighted by molar-refractivity contribution is 6.30. The molecule has 0 saturated carbocycles. The maximum Gasteiger partial charge on any atom is 0.341 e. The minimum absolute atomic E-state index is 0.0359. The number of allylic oxidation sites excluding steroid dienone is 4. The molecule has 0 saturated heterocycles. The van der Waals surface area contributed by atoms with Crippen LogP contribution in [0.15, 0.2) is 40.7 Å². The molecule has 0 bridgehead atoms. The molecule has 1 heterocycles. The molecule has 1 aromatic carbocycles. The second kappa shape index (κ2) is 8.26. The van der Waals surface area contributed by atoms with Crippen LogP contribution in [0.1, 0.15) is 56.9 Å². The van der Waals surface area contributed by atoms with E-state index in [-0.39, 0.29) is 11.6 Å². The van der Waals surface area contributed by atoms with Gasteiger partial charge < -0.3 is 14.7 Å². The molecule has 0 radical (unpaired) electrons. The Morgan fingerprint density at radius 1 is 1.10 bits per heavy atom. The van der Waals surface area contributed by atoms with Gasteiger partial charge >= 0.3 is 5.97 Å². The number of hydrogen-bond donors (Lipinski definition) is 1. The Labute approximate surface area is 180 Å². The van der Waals surface area contributed by atoms with Crippen LogP contribution in [0.5, 0.6) is 5.75 Å². The molecule has 2 aliphatic carbocycles. The minimum atomic E-state index is -1.10. The van der Waals surface area contributed by atoms with E-state index in [1.165, 1.54) is 0 Å². The molecule has 30 heavy (non-hydrogen) atoms. The lowest BCUT2D eigenvalue weighted by atomic mass is 9.70. The number of carbonyl (C=O) groups excluding carboxylic acids is 2. The summed E-state index contributed by atoms with van der Waals surface area (Å²) in [5.41, 5.74) is 3.83. The third-order valence-electron chi connectivity index (χ3n) is 6.04. The van der Waals surface area contributed by atoms with Crippen LogP contribution in [0.25, 0.3) is 0 Å². The Morgan fingerprint density at radius 2 is 1.70 bits per heavy atom. The molecule has 1 N–H and O–H groups in total. The Morgan fingerprint density at radius 3 is 2.23 bits per heavy atom. The minimum Gasteiger partial charge on any atom is -0.482 e. The summed E-state index contributed by atoms with van der Waals surface area (Å²) in [7, 11) is 0. The fourth-order valence-corrected chi connectivity index (χ4v) is 5.11. The van der Waals surface area contributed by atoms with Gasteiger partial charge in [0.2, 0.25) is 0 Å². The van der Waals surface area contributed by atoms with E-state index in [0.29, 0.717) is 46.9 Å². The molecule has 0 unspecified atom stereocenters. The van der Waals surface area contributed by atoms with Gasteiger partial charge in [-0.05, 0) is 50.8 Å². The first-order chi connectivity index (χ1) is 14.4. The number of nitrogens with zero attached hydrogens (tertiary/aromatic N) is 1. The molecule has 0 spiro atoms. The van der Waals surface area contributed by atoms with E-state index >= 15 is 0 Å². The molecular weight excluding hydrogens is 406 g/mol. The topological polar surface area (TPSA) is 83.9 Å². The summed E-state index contributed by atoms with van der Waals surface area (Å²) in [6.07, 6.45) is 4.01. The van der Waals surface area contributed by atoms with E-state index in [4.69, 9.17) is 21.4 Å². The summed E-state index contributed by atoms with van der Waals surface area (Å²) >= 11 is 6.29.